The zero-order valence-electron chi connectivity index (χ0n) is 26.5. The summed E-state index contributed by atoms with van der Waals surface area (Å²) in [5.41, 5.74) is 7.53. The number of aryl methyl sites for hydroxylation is 2. The molecule has 1 N–H and O–H groups in total. The first-order valence-electron chi connectivity index (χ1n) is 16.4. The second kappa shape index (κ2) is 12.8. The predicted molar refractivity (Wildman–Crippen MR) is 180 cm³/mol. The molecule has 2 aliphatic heterocycles. The van der Waals surface area contributed by atoms with Crippen LogP contribution < -0.4 is 15.0 Å². The van der Waals surface area contributed by atoms with E-state index in [0.29, 0.717) is 11.3 Å². The maximum atomic E-state index is 13.4. The number of carbonyl (C=O) groups excluding carboxylic acids is 1. The van der Waals surface area contributed by atoms with Crippen LogP contribution in [-0.4, -0.2) is 19.1 Å². The Kier molecular flexibility index (Phi) is 8.65. The summed E-state index contributed by atoms with van der Waals surface area (Å²) >= 11 is 0. The van der Waals surface area contributed by atoms with Crippen LogP contribution in [0.4, 0.5) is 17.1 Å². The highest BCUT2D eigenvalue weighted by atomic mass is 16.6. The monoisotopic (exact) mass is 588 g/mol. The average Bonchev–Trinajstić information content (AvgIpc) is 3.34. The van der Waals surface area contributed by atoms with Crippen LogP contribution in [0.5, 0.6) is 11.5 Å². The molecule has 1 atom stereocenters. The zero-order chi connectivity index (χ0) is 30.7. The van der Waals surface area contributed by atoms with Crippen LogP contribution in [0.25, 0.3) is 0 Å². The third-order valence-electron chi connectivity index (χ3n) is 9.12. The number of nitrogens with one attached hydrogen (secondary N) is 1. The number of ether oxygens (including phenoxy) is 2. The molecule has 228 valence electrons. The summed E-state index contributed by atoms with van der Waals surface area (Å²) in [6.45, 7) is 10.7. The Hall–Kier alpha value is -4.25. The number of benzene rings is 4. The van der Waals surface area contributed by atoms with Gasteiger partial charge in [0.2, 0.25) is 0 Å². The van der Waals surface area contributed by atoms with E-state index in [2.05, 4.69) is 92.5 Å². The van der Waals surface area contributed by atoms with Gasteiger partial charge >= 0.3 is 5.97 Å². The van der Waals surface area contributed by atoms with E-state index < -0.39 is 5.60 Å². The third kappa shape index (κ3) is 5.45. The molecule has 0 amide bonds. The lowest BCUT2D eigenvalue weighted by molar-refractivity contribution is 0.0224. The number of fused-ring (bicyclic) bond motifs is 6. The smallest absolute Gasteiger partial charge is 0.340 e. The van der Waals surface area contributed by atoms with Crippen molar-refractivity contribution in [3.05, 3.63) is 112 Å². The molecule has 2 heterocycles. The van der Waals surface area contributed by atoms with Crippen molar-refractivity contribution in [3.63, 3.8) is 0 Å². The molecule has 0 aliphatic carbocycles. The maximum absolute atomic E-state index is 13.4. The van der Waals surface area contributed by atoms with Crippen molar-refractivity contribution in [2.75, 3.05) is 23.3 Å². The molecule has 6 rings (SSSR count). The van der Waals surface area contributed by atoms with Crippen molar-refractivity contribution in [3.8, 4) is 11.5 Å². The van der Waals surface area contributed by atoms with E-state index >= 15 is 0 Å². The van der Waals surface area contributed by atoms with Gasteiger partial charge in [-0.25, -0.2) is 4.79 Å². The first-order valence-corrected chi connectivity index (χ1v) is 16.4. The van der Waals surface area contributed by atoms with E-state index in [1.807, 2.05) is 24.3 Å². The fraction of sp³-hybridized carbons (Fsp3) is 0.359. The Morgan fingerprint density at radius 1 is 0.773 bits per heavy atom. The Morgan fingerprint density at radius 2 is 1.55 bits per heavy atom. The number of hydrogen-bond acceptors (Lipinski definition) is 5. The predicted octanol–water partition coefficient (Wildman–Crippen LogP) is 10.1. The van der Waals surface area contributed by atoms with Crippen molar-refractivity contribution in [1.82, 2.24) is 0 Å². The summed E-state index contributed by atoms with van der Waals surface area (Å²) < 4.78 is 13.2. The molecule has 4 aromatic rings. The van der Waals surface area contributed by atoms with Gasteiger partial charge in [-0.1, -0.05) is 69.9 Å². The van der Waals surface area contributed by atoms with Gasteiger partial charge in [0.25, 0.3) is 0 Å². The fourth-order valence-corrected chi connectivity index (χ4v) is 6.63. The molecule has 44 heavy (non-hydrogen) atoms. The second-order valence-electron chi connectivity index (χ2n) is 12.1. The highest BCUT2D eigenvalue weighted by Gasteiger charge is 2.53. The van der Waals surface area contributed by atoms with E-state index in [9.17, 15) is 4.79 Å². The molecular formula is C39H44N2O3. The van der Waals surface area contributed by atoms with Crippen LogP contribution in [-0.2, 0) is 16.8 Å². The van der Waals surface area contributed by atoms with Crippen LogP contribution in [0.3, 0.4) is 0 Å². The molecule has 5 heteroatoms. The Bertz CT molecular complexity index is 1640. The lowest BCUT2D eigenvalue weighted by Crippen LogP contribution is -2.33. The van der Waals surface area contributed by atoms with Crippen LogP contribution >= 0.6 is 0 Å². The molecule has 4 aromatic carbocycles. The Labute approximate surface area is 262 Å². The summed E-state index contributed by atoms with van der Waals surface area (Å²) in [7, 11) is 0. The van der Waals surface area contributed by atoms with Gasteiger partial charge in [0, 0.05) is 52.9 Å². The van der Waals surface area contributed by atoms with Crippen molar-refractivity contribution in [2.45, 2.75) is 78.2 Å². The largest absolute Gasteiger partial charge is 0.456 e. The standard InChI is InChI=1S/C39H44N2O3/c1-5-8-10-13-23-41(7-3)30-21-22-33-37(25-30)43-36-24-27(4)35(40-29-19-17-28(18-20-29)14-9-6-2)26-34(36)39(33)32-16-12-11-15-31(32)38(42)44-39/h11-12,15-22,24-26,40H,5-10,13-14,23H2,1-4H3. The van der Waals surface area contributed by atoms with Crippen LogP contribution in [0.2, 0.25) is 0 Å². The lowest BCUT2D eigenvalue weighted by atomic mass is 9.77. The molecule has 2 aliphatic rings. The van der Waals surface area contributed by atoms with Crippen molar-refractivity contribution in [2.24, 2.45) is 0 Å². The van der Waals surface area contributed by atoms with Gasteiger partial charge in [-0.2, -0.15) is 0 Å². The second-order valence-corrected chi connectivity index (χ2v) is 12.1. The summed E-state index contributed by atoms with van der Waals surface area (Å²) in [6, 6.07) is 27.0. The van der Waals surface area contributed by atoms with Gasteiger partial charge in [0.05, 0.1) is 5.56 Å². The first kappa shape index (κ1) is 29.8. The molecular weight excluding hydrogens is 544 g/mol. The molecule has 0 saturated heterocycles. The highest BCUT2D eigenvalue weighted by molar-refractivity contribution is 5.97. The summed E-state index contributed by atoms with van der Waals surface area (Å²) in [6.07, 6.45) is 8.35. The van der Waals surface area contributed by atoms with Gasteiger partial charge in [-0.3, -0.25) is 0 Å². The van der Waals surface area contributed by atoms with Gasteiger partial charge < -0.3 is 19.7 Å². The zero-order valence-corrected chi connectivity index (χ0v) is 26.5. The van der Waals surface area contributed by atoms with Crippen molar-refractivity contribution in [1.29, 1.82) is 0 Å². The minimum absolute atomic E-state index is 0.313. The number of rotatable bonds is 12. The minimum atomic E-state index is -1.10. The molecule has 1 unspecified atom stereocenters. The number of carbonyl (C=O) groups is 1. The molecule has 0 bridgehead atoms. The normalized spacial score (nSPS) is 16.1. The Balaban J connectivity index is 1.41. The van der Waals surface area contributed by atoms with Crippen LogP contribution in [0, 0.1) is 6.92 Å². The molecule has 0 aromatic heterocycles. The number of anilines is 3. The molecule has 0 fully saturated rings. The highest BCUT2D eigenvalue weighted by Crippen LogP contribution is 2.57. The minimum Gasteiger partial charge on any atom is -0.456 e. The Morgan fingerprint density at radius 3 is 2.32 bits per heavy atom. The number of esters is 1. The third-order valence-corrected chi connectivity index (χ3v) is 9.12. The molecule has 5 nitrogen and oxygen atoms in total. The topological polar surface area (TPSA) is 50.8 Å². The van der Waals surface area contributed by atoms with Gasteiger partial charge in [0.1, 0.15) is 11.5 Å². The lowest BCUT2D eigenvalue weighted by Gasteiger charge is -2.38. The SMILES string of the molecule is CCCCCCN(CC)c1ccc2c(c1)Oc1cc(C)c(Nc3ccc(CCCC)cc3)cc1C21OC(=O)c2ccccc21. The summed E-state index contributed by atoms with van der Waals surface area (Å²) in [5, 5.41) is 3.63. The van der Waals surface area contributed by atoms with E-state index in [1.165, 1.54) is 37.7 Å². The van der Waals surface area contributed by atoms with Crippen molar-refractivity contribution < 1.29 is 14.3 Å². The van der Waals surface area contributed by atoms with E-state index in [4.69, 9.17) is 9.47 Å². The van der Waals surface area contributed by atoms with Gasteiger partial charge in [0.15, 0.2) is 5.60 Å². The van der Waals surface area contributed by atoms with Crippen LogP contribution in [0.15, 0.2) is 78.9 Å². The number of unbranched alkanes of at least 4 members (excludes halogenated alkanes) is 4. The first-order chi connectivity index (χ1) is 21.5. The summed E-state index contributed by atoms with van der Waals surface area (Å²) in [5.74, 6) is 1.13. The van der Waals surface area contributed by atoms with Gasteiger partial charge in [-0.05, 0) is 86.7 Å². The van der Waals surface area contributed by atoms with Crippen molar-refractivity contribution >= 4 is 23.0 Å². The fourth-order valence-electron chi connectivity index (χ4n) is 6.63. The average molecular weight is 589 g/mol. The number of hydrogen-bond donors (Lipinski definition) is 1. The van der Waals surface area contributed by atoms with Crippen LogP contribution in [0.1, 0.15) is 97.5 Å². The van der Waals surface area contributed by atoms with Gasteiger partial charge in [-0.15, -0.1) is 0 Å². The quantitative estimate of drug-likeness (QED) is 0.132. The molecule has 0 saturated carbocycles. The number of nitrogens with zero attached hydrogens (tertiary/aromatic N) is 1. The van der Waals surface area contributed by atoms with E-state index in [1.54, 1.807) is 0 Å². The molecule has 0 radical (unpaired) electrons. The van der Waals surface area contributed by atoms with E-state index in [0.717, 1.165) is 71.0 Å². The summed E-state index contributed by atoms with van der Waals surface area (Å²) in [4.78, 5) is 15.8. The maximum Gasteiger partial charge on any atom is 0.340 e. The van der Waals surface area contributed by atoms with E-state index in [-0.39, 0.29) is 5.97 Å². The molecule has 1 spiro atoms.